The molecule has 4 nitrogen and oxygen atoms in total. The summed E-state index contributed by atoms with van der Waals surface area (Å²) in [6.07, 6.45) is 2.69. The second-order valence-electron chi connectivity index (χ2n) is 3.70. The van der Waals surface area contributed by atoms with Crippen molar-refractivity contribution >= 4 is 0 Å². The average Bonchev–Trinajstić information content (AvgIpc) is 2.86. The lowest BCUT2D eigenvalue weighted by molar-refractivity contribution is 0.317. The van der Waals surface area contributed by atoms with Gasteiger partial charge in [-0.2, -0.15) is 0 Å². The Kier molecular flexibility index (Phi) is 3.77. The van der Waals surface area contributed by atoms with E-state index in [9.17, 15) is 0 Å². The van der Waals surface area contributed by atoms with Crippen LogP contribution >= 0.6 is 0 Å². The van der Waals surface area contributed by atoms with Crippen molar-refractivity contribution in [1.82, 2.24) is 4.98 Å². The molecule has 0 atom stereocenters. The first-order chi connectivity index (χ1) is 8.33. The maximum Gasteiger partial charge on any atom is 0.208 e. The number of hydrogen-bond donors (Lipinski definition) is 1. The SMILES string of the molecule is CCCOc1ccc(-c2cnc(CN)o2)cc1. The Hall–Kier alpha value is -1.81. The summed E-state index contributed by atoms with van der Waals surface area (Å²) in [7, 11) is 0. The molecule has 0 fully saturated rings. The van der Waals surface area contributed by atoms with Crippen molar-refractivity contribution in [2.75, 3.05) is 6.61 Å². The van der Waals surface area contributed by atoms with Gasteiger partial charge in [0.25, 0.3) is 0 Å². The highest BCUT2D eigenvalue weighted by atomic mass is 16.5. The molecule has 2 aromatic rings. The minimum Gasteiger partial charge on any atom is -0.494 e. The molecule has 0 unspecified atom stereocenters. The Bertz CT molecular complexity index is 463. The van der Waals surface area contributed by atoms with Gasteiger partial charge in [-0.25, -0.2) is 4.98 Å². The van der Waals surface area contributed by atoms with Crippen molar-refractivity contribution in [3.8, 4) is 17.1 Å². The molecule has 1 heterocycles. The topological polar surface area (TPSA) is 61.3 Å². The van der Waals surface area contributed by atoms with Crippen molar-refractivity contribution in [3.05, 3.63) is 36.4 Å². The maximum atomic E-state index is 5.51. The number of nitrogens with two attached hydrogens (primary N) is 1. The van der Waals surface area contributed by atoms with Gasteiger partial charge in [0.1, 0.15) is 5.75 Å². The normalized spacial score (nSPS) is 10.5. The number of ether oxygens (including phenoxy) is 1. The lowest BCUT2D eigenvalue weighted by Gasteiger charge is -2.04. The smallest absolute Gasteiger partial charge is 0.208 e. The van der Waals surface area contributed by atoms with Crippen LogP contribution in [0.25, 0.3) is 11.3 Å². The lowest BCUT2D eigenvalue weighted by atomic mass is 10.2. The molecule has 4 heteroatoms. The van der Waals surface area contributed by atoms with E-state index in [0.717, 1.165) is 30.1 Å². The lowest BCUT2D eigenvalue weighted by Crippen LogP contribution is -1.95. The molecule has 0 radical (unpaired) electrons. The van der Waals surface area contributed by atoms with Crippen LogP contribution in [0.15, 0.2) is 34.9 Å². The molecule has 0 aliphatic carbocycles. The Morgan fingerprint density at radius 1 is 1.29 bits per heavy atom. The summed E-state index contributed by atoms with van der Waals surface area (Å²) in [6, 6.07) is 7.75. The fourth-order valence-corrected chi connectivity index (χ4v) is 1.47. The summed E-state index contributed by atoms with van der Waals surface area (Å²) in [5.74, 6) is 2.15. The highest BCUT2D eigenvalue weighted by Crippen LogP contribution is 2.23. The molecule has 17 heavy (non-hydrogen) atoms. The summed E-state index contributed by atoms with van der Waals surface area (Å²) in [6.45, 7) is 3.13. The van der Waals surface area contributed by atoms with Crippen molar-refractivity contribution in [3.63, 3.8) is 0 Å². The van der Waals surface area contributed by atoms with Crippen LogP contribution in [-0.4, -0.2) is 11.6 Å². The van der Waals surface area contributed by atoms with Crippen LogP contribution in [0.1, 0.15) is 19.2 Å². The molecule has 2 N–H and O–H groups in total. The Labute approximate surface area is 100 Å². The first-order valence-corrected chi connectivity index (χ1v) is 5.71. The summed E-state index contributed by atoms with van der Waals surface area (Å²) in [5.41, 5.74) is 6.42. The molecule has 0 aliphatic heterocycles. The predicted octanol–water partition coefficient (Wildman–Crippen LogP) is 2.59. The number of benzene rings is 1. The van der Waals surface area contributed by atoms with E-state index in [1.54, 1.807) is 6.20 Å². The van der Waals surface area contributed by atoms with E-state index < -0.39 is 0 Å². The zero-order valence-electron chi connectivity index (χ0n) is 9.85. The van der Waals surface area contributed by atoms with Crippen LogP contribution in [0.2, 0.25) is 0 Å². The van der Waals surface area contributed by atoms with E-state index in [4.69, 9.17) is 14.9 Å². The second kappa shape index (κ2) is 5.50. The number of oxazole rings is 1. The number of rotatable bonds is 5. The highest BCUT2D eigenvalue weighted by molar-refractivity contribution is 5.57. The maximum absolute atomic E-state index is 5.51. The van der Waals surface area contributed by atoms with Gasteiger partial charge >= 0.3 is 0 Å². The zero-order chi connectivity index (χ0) is 12.1. The number of aromatic nitrogens is 1. The highest BCUT2D eigenvalue weighted by Gasteiger charge is 2.05. The van der Waals surface area contributed by atoms with Gasteiger partial charge in [0, 0.05) is 5.56 Å². The van der Waals surface area contributed by atoms with Gasteiger partial charge in [0.15, 0.2) is 5.76 Å². The largest absolute Gasteiger partial charge is 0.494 e. The zero-order valence-corrected chi connectivity index (χ0v) is 9.85. The molecule has 0 spiro atoms. The van der Waals surface area contributed by atoms with E-state index in [-0.39, 0.29) is 0 Å². The van der Waals surface area contributed by atoms with Crippen molar-refractivity contribution < 1.29 is 9.15 Å². The molecular weight excluding hydrogens is 216 g/mol. The Balaban J connectivity index is 2.11. The first kappa shape index (κ1) is 11.7. The van der Waals surface area contributed by atoms with E-state index in [1.807, 2.05) is 24.3 Å². The molecule has 90 valence electrons. The third-order valence-electron chi connectivity index (χ3n) is 2.34. The van der Waals surface area contributed by atoms with E-state index >= 15 is 0 Å². The molecule has 0 amide bonds. The van der Waals surface area contributed by atoms with Crippen LogP contribution in [0, 0.1) is 0 Å². The van der Waals surface area contributed by atoms with Crippen molar-refractivity contribution in [2.45, 2.75) is 19.9 Å². The van der Waals surface area contributed by atoms with Gasteiger partial charge in [-0.15, -0.1) is 0 Å². The molecular formula is C13H16N2O2. The molecule has 0 bridgehead atoms. The fraction of sp³-hybridized carbons (Fsp3) is 0.308. The van der Waals surface area contributed by atoms with Crippen LogP contribution in [0.5, 0.6) is 5.75 Å². The molecule has 1 aromatic heterocycles. The second-order valence-corrected chi connectivity index (χ2v) is 3.70. The van der Waals surface area contributed by atoms with Gasteiger partial charge < -0.3 is 14.9 Å². The molecule has 2 rings (SSSR count). The average molecular weight is 232 g/mol. The van der Waals surface area contributed by atoms with Crippen LogP contribution in [0.4, 0.5) is 0 Å². The summed E-state index contributed by atoms with van der Waals surface area (Å²) < 4.78 is 11.0. The van der Waals surface area contributed by atoms with Crippen LogP contribution < -0.4 is 10.5 Å². The summed E-state index contributed by atoms with van der Waals surface area (Å²) in [5, 5.41) is 0. The molecule has 1 aromatic carbocycles. The first-order valence-electron chi connectivity index (χ1n) is 5.71. The van der Waals surface area contributed by atoms with Crippen LogP contribution in [-0.2, 0) is 6.54 Å². The molecule has 0 aliphatic rings. The summed E-state index contributed by atoms with van der Waals surface area (Å²) >= 11 is 0. The van der Waals surface area contributed by atoms with Gasteiger partial charge in [-0.1, -0.05) is 6.92 Å². The monoisotopic (exact) mass is 232 g/mol. The number of hydrogen-bond acceptors (Lipinski definition) is 4. The minimum atomic E-state index is 0.317. The number of nitrogens with zero attached hydrogens (tertiary/aromatic N) is 1. The third-order valence-corrected chi connectivity index (χ3v) is 2.34. The van der Waals surface area contributed by atoms with E-state index in [2.05, 4.69) is 11.9 Å². The fourth-order valence-electron chi connectivity index (χ4n) is 1.47. The van der Waals surface area contributed by atoms with E-state index in [1.165, 1.54) is 0 Å². The molecule has 0 saturated heterocycles. The van der Waals surface area contributed by atoms with Gasteiger partial charge in [-0.3, -0.25) is 0 Å². The molecule has 0 saturated carbocycles. The van der Waals surface area contributed by atoms with Gasteiger partial charge in [0.05, 0.1) is 19.3 Å². The predicted molar refractivity (Wildman–Crippen MR) is 65.6 cm³/mol. The van der Waals surface area contributed by atoms with Gasteiger partial charge in [-0.05, 0) is 30.7 Å². The van der Waals surface area contributed by atoms with Crippen molar-refractivity contribution in [1.29, 1.82) is 0 Å². The standard InChI is InChI=1S/C13H16N2O2/c1-2-7-16-11-5-3-10(4-6-11)12-9-15-13(8-14)17-12/h3-6,9H,2,7-8,14H2,1H3. The quantitative estimate of drug-likeness (QED) is 0.860. The Morgan fingerprint density at radius 3 is 2.65 bits per heavy atom. The minimum absolute atomic E-state index is 0.317. The van der Waals surface area contributed by atoms with Crippen LogP contribution in [0.3, 0.4) is 0 Å². The van der Waals surface area contributed by atoms with Crippen molar-refractivity contribution in [2.24, 2.45) is 5.73 Å². The third kappa shape index (κ3) is 2.85. The van der Waals surface area contributed by atoms with E-state index in [0.29, 0.717) is 12.4 Å². The Morgan fingerprint density at radius 2 is 2.06 bits per heavy atom. The van der Waals surface area contributed by atoms with Gasteiger partial charge in [0.2, 0.25) is 5.89 Å². The summed E-state index contributed by atoms with van der Waals surface area (Å²) in [4.78, 5) is 4.06.